The molecule has 0 radical (unpaired) electrons. The van der Waals surface area contributed by atoms with E-state index in [1.165, 1.54) is 13.2 Å². The fourth-order valence-electron chi connectivity index (χ4n) is 4.29. The molecule has 0 bridgehead atoms. The molecule has 33 heavy (non-hydrogen) atoms. The van der Waals surface area contributed by atoms with Crippen molar-refractivity contribution in [1.82, 2.24) is 5.32 Å². The predicted octanol–water partition coefficient (Wildman–Crippen LogP) is 5.82. The predicted molar refractivity (Wildman–Crippen MR) is 124 cm³/mol. The van der Waals surface area contributed by atoms with E-state index in [2.05, 4.69) is 5.32 Å². The van der Waals surface area contributed by atoms with Crippen molar-refractivity contribution in [1.29, 1.82) is 0 Å². The summed E-state index contributed by atoms with van der Waals surface area (Å²) >= 11 is 0.643. The van der Waals surface area contributed by atoms with Gasteiger partial charge in [0.1, 0.15) is 5.82 Å². The lowest BCUT2D eigenvalue weighted by Crippen LogP contribution is -2.40. The molecule has 1 fully saturated rings. The van der Waals surface area contributed by atoms with E-state index in [1.54, 1.807) is 0 Å². The van der Waals surface area contributed by atoms with Crippen molar-refractivity contribution < 1.29 is 27.8 Å². The number of imide groups is 1. The second-order valence-electron chi connectivity index (χ2n) is 9.42. The summed E-state index contributed by atoms with van der Waals surface area (Å²) < 4.78 is 42.3. The Morgan fingerprint density at radius 3 is 2.42 bits per heavy atom. The van der Waals surface area contributed by atoms with Crippen LogP contribution in [0, 0.1) is 18.6 Å². The van der Waals surface area contributed by atoms with Gasteiger partial charge in [-0.2, -0.15) is 0 Å². The van der Waals surface area contributed by atoms with E-state index in [0.29, 0.717) is 23.9 Å². The Balaban J connectivity index is 1.98. The summed E-state index contributed by atoms with van der Waals surface area (Å²) in [6.45, 7) is 10.4. The van der Waals surface area contributed by atoms with Crippen LogP contribution in [0.2, 0.25) is 0 Å². The highest BCUT2D eigenvalue weighted by Crippen LogP contribution is 2.46. The molecule has 0 aliphatic carbocycles. The van der Waals surface area contributed by atoms with E-state index in [0.717, 1.165) is 22.8 Å². The van der Waals surface area contributed by atoms with Crippen LogP contribution in [0.25, 0.3) is 17.2 Å². The number of aryl methyl sites for hydroxylation is 1. The van der Waals surface area contributed by atoms with Crippen LogP contribution in [0.3, 0.4) is 0 Å². The molecule has 2 aliphatic heterocycles. The van der Waals surface area contributed by atoms with Gasteiger partial charge in [-0.3, -0.25) is 14.9 Å². The Morgan fingerprint density at radius 2 is 1.82 bits per heavy atom. The topological polar surface area (TPSA) is 64.6 Å². The minimum Gasteiger partial charge on any atom is -0.493 e. The Morgan fingerprint density at radius 1 is 1.12 bits per heavy atom. The highest BCUT2D eigenvalue weighted by molar-refractivity contribution is 8.18. The molecular formula is C25H25F2NO4S. The second kappa shape index (κ2) is 7.95. The third kappa shape index (κ3) is 3.95. The lowest BCUT2D eigenvalue weighted by Gasteiger charge is -2.42. The number of amides is 2. The molecule has 2 aromatic carbocycles. The van der Waals surface area contributed by atoms with E-state index in [1.807, 2.05) is 46.8 Å². The first-order chi connectivity index (χ1) is 15.4. The first-order valence-corrected chi connectivity index (χ1v) is 11.3. The number of halogens is 2. The maximum Gasteiger partial charge on any atom is 0.290 e. The molecule has 0 spiro atoms. The molecule has 2 aromatic rings. The van der Waals surface area contributed by atoms with E-state index >= 15 is 8.78 Å². The zero-order valence-electron chi connectivity index (χ0n) is 19.3. The number of methoxy groups -OCH3 is 1. The number of carbonyl (C=O) groups is 2. The van der Waals surface area contributed by atoms with Crippen molar-refractivity contribution in [3.05, 3.63) is 57.0 Å². The molecule has 8 heteroatoms. The number of nitrogens with one attached hydrogen (secondary N) is 1. The van der Waals surface area contributed by atoms with Crippen LogP contribution in [-0.2, 0) is 20.5 Å². The van der Waals surface area contributed by atoms with Gasteiger partial charge in [0.25, 0.3) is 11.1 Å². The van der Waals surface area contributed by atoms with Gasteiger partial charge in [-0.05, 0) is 73.0 Å². The highest BCUT2D eigenvalue weighted by atomic mass is 32.2. The van der Waals surface area contributed by atoms with Crippen LogP contribution in [0.1, 0.15) is 49.9 Å². The van der Waals surface area contributed by atoms with Crippen LogP contribution >= 0.6 is 11.8 Å². The molecule has 4 rings (SSSR count). The molecule has 0 unspecified atom stereocenters. The van der Waals surface area contributed by atoms with Gasteiger partial charge in [-0.15, -0.1) is 0 Å². The number of fused-ring (bicyclic) bond motifs is 1. The molecular weight excluding hydrogens is 448 g/mol. The first kappa shape index (κ1) is 23.4. The number of benzene rings is 2. The molecule has 5 nitrogen and oxygen atoms in total. The Kier molecular flexibility index (Phi) is 5.65. The summed E-state index contributed by atoms with van der Waals surface area (Å²) in [7, 11) is 1.28. The fraction of sp³-hybridized carbons (Fsp3) is 0.360. The molecule has 2 heterocycles. The monoisotopic (exact) mass is 473 g/mol. The summed E-state index contributed by atoms with van der Waals surface area (Å²) in [6, 6.07) is 4.80. The lowest BCUT2D eigenvalue weighted by molar-refractivity contribution is -0.115. The van der Waals surface area contributed by atoms with E-state index in [4.69, 9.17) is 9.47 Å². The zero-order chi connectivity index (χ0) is 24.3. The van der Waals surface area contributed by atoms with Crippen LogP contribution < -0.4 is 10.1 Å². The molecule has 0 atom stereocenters. The molecule has 2 aliphatic rings. The molecule has 1 N–H and O–H groups in total. The van der Waals surface area contributed by atoms with Crippen molar-refractivity contribution in [2.45, 2.75) is 45.6 Å². The van der Waals surface area contributed by atoms with Crippen LogP contribution in [-0.4, -0.2) is 24.9 Å². The van der Waals surface area contributed by atoms with Crippen molar-refractivity contribution in [2.24, 2.45) is 0 Å². The maximum atomic E-state index is 15.9. The smallest absolute Gasteiger partial charge is 0.290 e. The lowest BCUT2D eigenvalue weighted by atomic mass is 9.73. The van der Waals surface area contributed by atoms with Gasteiger partial charge in [-0.1, -0.05) is 19.9 Å². The van der Waals surface area contributed by atoms with Crippen molar-refractivity contribution in [3.63, 3.8) is 0 Å². The number of rotatable bonds is 3. The highest BCUT2D eigenvalue weighted by Gasteiger charge is 2.39. The maximum absolute atomic E-state index is 15.9. The Hall–Kier alpha value is -2.71. The largest absolute Gasteiger partial charge is 0.493 e. The zero-order valence-corrected chi connectivity index (χ0v) is 20.1. The molecule has 1 saturated heterocycles. The van der Waals surface area contributed by atoms with Crippen molar-refractivity contribution in [3.8, 4) is 16.9 Å². The van der Waals surface area contributed by atoms with Gasteiger partial charge in [0, 0.05) is 11.0 Å². The fourth-order valence-corrected chi connectivity index (χ4v) is 4.96. The molecule has 174 valence electrons. The van der Waals surface area contributed by atoms with Crippen LogP contribution in [0.15, 0.2) is 23.1 Å². The molecule has 0 saturated carbocycles. The van der Waals surface area contributed by atoms with Crippen LogP contribution in [0.4, 0.5) is 13.6 Å². The van der Waals surface area contributed by atoms with Crippen LogP contribution in [0.5, 0.6) is 5.75 Å². The van der Waals surface area contributed by atoms with Crippen molar-refractivity contribution >= 4 is 29.0 Å². The minimum absolute atomic E-state index is 0.00314. The average Bonchev–Trinajstić information content (AvgIpc) is 3.04. The van der Waals surface area contributed by atoms with Crippen molar-refractivity contribution in [2.75, 3.05) is 13.7 Å². The number of hydrogen-bond acceptors (Lipinski definition) is 5. The third-order valence-corrected chi connectivity index (χ3v) is 6.95. The molecule has 0 aromatic heterocycles. The van der Waals surface area contributed by atoms with Gasteiger partial charge in [0.2, 0.25) is 0 Å². The quantitative estimate of drug-likeness (QED) is 0.570. The number of hydrogen-bond donors (Lipinski definition) is 1. The molecule has 2 amide bonds. The van der Waals surface area contributed by atoms with Gasteiger partial charge in [-0.25, -0.2) is 8.78 Å². The number of carbonyl (C=O) groups excluding carboxylic acids is 2. The Bertz CT molecular complexity index is 1230. The summed E-state index contributed by atoms with van der Waals surface area (Å²) in [5, 5.41) is 1.56. The minimum atomic E-state index is -0.768. The standard InChI is InChI=1S/C25H25F2NO4S/c1-12-7-16-15(24(2,3)11-32-25(16,4)5)10-14(12)19-20(27)13(8-17(26)21(19)31-6)9-18-22(29)28-23(30)33-18/h7-10H,11H2,1-6H3,(H,28,29,30). The van der Waals surface area contributed by atoms with E-state index in [9.17, 15) is 9.59 Å². The third-order valence-electron chi connectivity index (χ3n) is 6.14. The van der Waals surface area contributed by atoms with Gasteiger partial charge < -0.3 is 9.47 Å². The summed E-state index contributed by atoms with van der Waals surface area (Å²) in [5.41, 5.74) is 2.18. The summed E-state index contributed by atoms with van der Waals surface area (Å²) in [6.07, 6.45) is 1.18. The summed E-state index contributed by atoms with van der Waals surface area (Å²) in [5.74, 6) is -2.37. The van der Waals surface area contributed by atoms with Gasteiger partial charge >= 0.3 is 0 Å². The average molecular weight is 474 g/mol. The Labute approximate surface area is 195 Å². The number of ether oxygens (including phenoxy) is 2. The second-order valence-corrected chi connectivity index (χ2v) is 10.4. The SMILES string of the molecule is COc1c(F)cc(C=C2SC(=O)NC2=O)c(F)c1-c1cc2c(cc1C)C(C)(C)OCC2(C)C. The number of thioether (sulfide) groups is 1. The normalized spacial score (nSPS) is 20.1. The first-order valence-electron chi connectivity index (χ1n) is 10.5. The van der Waals surface area contributed by atoms with Gasteiger partial charge in [0.05, 0.1) is 29.8 Å². The summed E-state index contributed by atoms with van der Waals surface area (Å²) in [4.78, 5) is 23.4. The van der Waals surface area contributed by atoms with E-state index < -0.39 is 28.4 Å². The van der Waals surface area contributed by atoms with Gasteiger partial charge in [0.15, 0.2) is 11.6 Å². The van der Waals surface area contributed by atoms with E-state index in [-0.39, 0.29) is 27.2 Å².